The molecule has 0 aromatic heterocycles. The van der Waals surface area contributed by atoms with Gasteiger partial charge in [-0.1, -0.05) is 39.5 Å². The first-order chi connectivity index (χ1) is 11.7. The van der Waals surface area contributed by atoms with Gasteiger partial charge in [0.15, 0.2) is 5.78 Å². The summed E-state index contributed by atoms with van der Waals surface area (Å²) in [7, 11) is 0. The third kappa shape index (κ3) is 1.99. The van der Waals surface area contributed by atoms with Crippen LogP contribution >= 0.6 is 0 Å². The number of carbonyl (C=O) groups is 1. The first kappa shape index (κ1) is 16.8. The van der Waals surface area contributed by atoms with Crippen molar-refractivity contribution in [2.45, 2.75) is 52.9 Å². The van der Waals surface area contributed by atoms with Gasteiger partial charge in [0.1, 0.15) is 0 Å². The Morgan fingerprint density at radius 2 is 1.96 bits per heavy atom. The standard InChI is InChI=1S/C23H29NO/c1-13-10-17-18(22(4)8-6-16(25)11-19(13)22)7-9-23(5)20(12-24)14(2)15(3)21(17)23/h11,13,17-18,20-21H,2-3,6-10H2,1,4-5H3/t13?,17-,18-,20?,21+,22-,23-/m1/s1. The van der Waals surface area contributed by atoms with Crippen LogP contribution in [0.3, 0.4) is 0 Å². The minimum absolute atomic E-state index is 0.00807. The molecule has 7 atom stereocenters. The number of hydrogen-bond acceptors (Lipinski definition) is 2. The Morgan fingerprint density at radius 3 is 2.64 bits per heavy atom. The zero-order valence-electron chi connectivity index (χ0n) is 15.8. The largest absolute Gasteiger partial charge is 0.295 e. The van der Waals surface area contributed by atoms with E-state index < -0.39 is 0 Å². The Balaban J connectivity index is 1.80. The molecule has 132 valence electrons. The van der Waals surface area contributed by atoms with Gasteiger partial charge in [-0.2, -0.15) is 5.26 Å². The van der Waals surface area contributed by atoms with Crippen LogP contribution < -0.4 is 0 Å². The molecular weight excluding hydrogens is 306 g/mol. The molecule has 0 amide bonds. The number of nitriles is 1. The number of fused-ring (bicyclic) bond motifs is 5. The molecule has 0 saturated heterocycles. The summed E-state index contributed by atoms with van der Waals surface area (Å²) in [5.74, 6) is 2.21. The van der Waals surface area contributed by atoms with E-state index in [1.807, 2.05) is 6.08 Å². The fourth-order valence-corrected chi connectivity index (χ4v) is 7.22. The smallest absolute Gasteiger partial charge is 0.155 e. The molecule has 0 heterocycles. The molecule has 0 radical (unpaired) electrons. The van der Waals surface area contributed by atoms with Gasteiger partial charge in [0.05, 0.1) is 12.0 Å². The Morgan fingerprint density at radius 1 is 1.24 bits per heavy atom. The summed E-state index contributed by atoms with van der Waals surface area (Å²) < 4.78 is 0. The van der Waals surface area contributed by atoms with E-state index in [1.165, 1.54) is 5.57 Å². The van der Waals surface area contributed by atoms with Gasteiger partial charge in [-0.25, -0.2) is 0 Å². The van der Waals surface area contributed by atoms with Crippen LogP contribution in [0.2, 0.25) is 0 Å². The number of ketones is 1. The third-order valence-corrected chi connectivity index (χ3v) is 8.42. The van der Waals surface area contributed by atoms with Crippen LogP contribution in [0.15, 0.2) is 36.0 Å². The van der Waals surface area contributed by atoms with E-state index in [1.54, 1.807) is 0 Å². The topological polar surface area (TPSA) is 40.9 Å². The molecule has 25 heavy (non-hydrogen) atoms. The maximum absolute atomic E-state index is 12.0. The normalized spacial score (nSPS) is 49.0. The van der Waals surface area contributed by atoms with Crippen LogP contribution in [-0.2, 0) is 4.79 Å². The van der Waals surface area contributed by atoms with Crippen molar-refractivity contribution in [3.63, 3.8) is 0 Å². The van der Waals surface area contributed by atoms with Crippen molar-refractivity contribution in [3.8, 4) is 6.07 Å². The molecule has 0 N–H and O–H groups in total. The molecule has 0 aromatic carbocycles. The van der Waals surface area contributed by atoms with Crippen LogP contribution in [0, 0.1) is 51.8 Å². The first-order valence-corrected chi connectivity index (χ1v) is 9.76. The Kier molecular flexibility index (Phi) is 3.50. The first-order valence-electron chi connectivity index (χ1n) is 9.76. The van der Waals surface area contributed by atoms with Crippen molar-refractivity contribution >= 4 is 5.78 Å². The summed E-state index contributed by atoms with van der Waals surface area (Å²) in [6, 6.07) is 2.55. The molecule has 4 rings (SSSR count). The molecule has 0 spiro atoms. The SMILES string of the molecule is C=C1C(=C)[C@H]2[C@@H]3CC(C)C4=CC(=O)CC[C@]4(C)[C@@H]3CC[C@]2(C)C1C#N. The van der Waals surface area contributed by atoms with E-state index >= 15 is 0 Å². The van der Waals surface area contributed by atoms with Crippen molar-refractivity contribution < 1.29 is 4.79 Å². The zero-order chi connectivity index (χ0) is 18.1. The lowest BCUT2D eigenvalue weighted by Crippen LogP contribution is -2.52. The quantitative estimate of drug-likeness (QED) is 0.607. The van der Waals surface area contributed by atoms with E-state index in [0.717, 1.165) is 36.8 Å². The molecule has 2 unspecified atom stereocenters. The summed E-state index contributed by atoms with van der Waals surface area (Å²) in [6.07, 6.45) is 6.99. The lowest BCUT2D eigenvalue weighted by Gasteiger charge is -2.59. The van der Waals surface area contributed by atoms with Gasteiger partial charge in [0, 0.05) is 6.42 Å². The molecule has 2 heteroatoms. The van der Waals surface area contributed by atoms with Crippen molar-refractivity contribution in [2.75, 3.05) is 0 Å². The summed E-state index contributed by atoms with van der Waals surface area (Å²) in [5, 5.41) is 9.78. The molecule has 4 aliphatic carbocycles. The molecule has 3 fully saturated rings. The van der Waals surface area contributed by atoms with E-state index in [0.29, 0.717) is 35.9 Å². The Labute approximate surface area is 151 Å². The monoisotopic (exact) mass is 335 g/mol. The maximum atomic E-state index is 12.0. The minimum Gasteiger partial charge on any atom is -0.295 e. The van der Waals surface area contributed by atoms with Crippen LogP contribution in [0.5, 0.6) is 0 Å². The summed E-state index contributed by atoms with van der Waals surface area (Å²) in [4.78, 5) is 12.0. The molecule has 2 nitrogen and oxygen atoms in total. The van der Waals surface area contributed by atoms with E-state index in [4.69, 9.17) is 0 Å². The van der Waals surface area contributed by atoms with Crippen LogP contribution in [0.1, 0.15) is 52.9 Å². The van der Waals surface area contributed by atoms with Gasteiger partial charge in [0.2, 0.25) is 0 Å². The molecule has 0 bridgehead atoms. The van der Waals surface area contributed by atoms with E-state index in [2.05, 4.69) is 40.0 Å². The second kappa shape index (κ2) is 5.19. The van der Waals surface area contributed by atoms with Gasteiger partial charge in [-0.3, -0.25) is 4.79 Å². The van der Waals surface area contributed by atoms with Crippen molar-refractivity contribution in [1.82, 2.24) is 0 Å². The molecular formula is C23H29NO. The number of hydrogen-bond donors (Lipinski definition) is 0. The highest BCUT2D eigenvalue weighted by atomic mass is 16.1. The van der Waals surface area contributed by atoms with Crippen molar-refractivity contribution in [2.24, 2.45) is 40.4 Å². The van der Waals surface area contributed by atoms with Crippen molar-refractivity contribution in [1.29, 1.82) is 5.26 Å². The van der Waals surface area contributed by atoms with Gasteiger partial charge in [0.25, 0.3) is 0 Å². The van der Waals surface area contributed by atoms with Crippen LogP contribution in [-0.4, -0.2) is 5.78 Å². The molecule has 0 aliphatic heterocycles. The van der Waals surface area contributed by atoms with Crippen molar-refractivity contribution in [3.05, 3.63) is 36.0 Å². The number of nitrogens with zero attached hydrogens (tertiary/aromatic N) is 1. The molecule has 3 saturated carbocycles. The predicted octanol–water partition coefficient (Wildman–Crippen LogP) is 5.24. The highest BCUT2D eigenvalue weighted by Gasteiger charge is 2.62. The highest BCUT2D eigenvalue weighted by Crippen LogP contribution is 2.69. The fraction of sp³-hybridized carbons (Fsp3) is 0.652. The number of carbonyl (C=O) groups excluding carboxylic acids is 1. The second-order valence-electron chi connectivity index (χ2n) is 9.53. The zero-order valence-corrected chi connectivity index (χ0v) is 15.8. The Bertz CT molecular complexity index is 753. The third-order valence-electron chi connectivity index (χ3n) is 8.42. The maximum Gasteiger partial charge on any atom is 0.155 e. The second-order valence-corrected chi connectivity index (χ2v) is 9.53. The highest BCUT2D eigenvalue weighted by molar-refractivity contribution is 5.91. The van der Waals surface area contributed by atoms with Crippen LogP contribution in [0.4, 0.5) is 0 Å². The lowest BCUT2D eigenvalue weighted by atomic mass is 9.45. The number of allylic oxidation sites excluding steroid dienone is 3. The molecule has 0 aromatic rings. The Hall–Kier alpha value is -1.62. The van der Waals surface area contributed by atoms with E-state index in [-0.39, 0.29) is 16.7 Å². The summed E-state index contributed by atoms with van der Waals surface area (Å²) >= 11 is 0. The van der Waals surface area contributed by atoms with Gasteiger partial charge in [-0.05, 0) is 77.4 Å². The van der Waals surface area contributed by atoms with Gasteiger partial charge in [-0.15, -0.1) is 0 Å². The lowest BCUT2D eigenvalue weighted by molar-refractivity contribution is -0.117. The van der Waals surface area contributed by atoms with Gasteiger partial charge < -0.3 is 0 Å². The fourth-order valence-electron chi connectivity index (χ4n) is 7.22. The minimum atomic E-state index is -0.0843. The van der Waals surface area contributed by atoms with Gasteiger partial charge >= 0.3 is 0 Å². The number of rotatable bonds is 0. The predicted molar refractivity (Wildman–Crippen MR) is 99.4 cm³/mol. The van der Waals surface area contributed by atoms with Crippen LogP contribution in [0.25, 0.3) is 0 Å². The summed E-state index contributed by atoms with van der Waals surface area (Å²) in [5.41, 5.74) is 3.65. The average Bonchev–Trinajstić information content (AvgIpc) is 2.75. The van der Waals surface area contributed by atoms with E-state index in [9.17, 15) is 10.1 Å². The average molecular weight is 335 g/mol. The molecule has 4 aliphatic rings. The summed E-state index contributed by atoms with van der Waals surface area (Å²) in [6.45, 7) is 15.6.